The molecule has 0 N–H and O–H groups in total. The van der Waals surface area contributed by atoms with E-state index < -0.39 is 0 Å². The molecule has 4 aromatic carbocycles. The van der Waals surface area contributed by atoms with Crippen LogP contribution in [0.25, 0.3) is 44.4 Å². The zero-order valence-electron chi connectivity index (χ0n) is 34.8. The first-order valence-electron chi connectivity index (χ1n) is 20.3. The van der Waals surface area contributed by atoms with Gasteiger partial charge in [0.25, 0.3) is 0 Å². The average Bonchev–Trinajstić information content (AvgIpc) is 3.65. The molecule has 0 bridgehead atoms. The maximum atomic E-state index is 6.86. The van der Waals surface area contributed by atoms with E-state index in [1.165, 1.54) is 56.1 Å². The number of nitrogens with zero attached hydrogens (tertiary/aromatic N) is 4. The van der Waals surface area contributed by atoms with Gasteiger partial charge in [0, 0.05) is 40.4 Å². The van der Waals surface area contributed by atoms with Crippen LogP contribution in [0.5, 0.6) is 11.5 Å². The van der Waals surface area contributed by atoms with Crippen LogP contribution in [0.15, 0.2) is 91.1 Å². The Morgan fingerprint density at radius 3 is 2.11 bits per heavy atom. The molecule has 1 unspecified atom stereocenters. The van der Waals surface area contributed by atoms with E-state index in [9.17, 15) is 0 Å². The van der Waals surface area contributed by atoms with E-state index in [4.69, 9.17) is 14.8 Å². The van der Waals surface area contributed by atoms with Crippen LogP contribution >= 0.6 is 0 Å². The molecule has 0 saturated carbocycles. The number of benzene rings is 4. The molecule has 0 saturated heterocycles. The van der Waals surface area contributed by atoms with E-state index in [-0.39, 0.29) is 5.41 Å². The van der Waals surface area contributed by atoms with Gasteiger partial charge in [-0.2, -0.15) is 5.10 Å². The summed E-state index contributed by atoms with van der Waals surface area (Å²) in [5.74, 6) is 3.64. The second kappa shape index (κ2) is 15.2. The Hall–Kier alpha value is -5.16. The van der Waals surface area contributed by atoms with Crippen LogP contribution in [0.2, 0.25) is 0 Å². The van der Waals surface area contributed by atoms with Crippen molar-refractivity contribution < 1.29 is 4.74 Å². The first-order chi connectivity index (χ1) is 26.3. The van der Waals surface area contributed by atoms with Crippen molar-refractivity contribution in [2.45, 2.75) is 113 Å². The third-order valence-electron chi connectivity index (χ3n) is 11.4. The Bertz CT molecular complexity index is 2480. The van der Waals surface area contributed by atoms with Crippen molar-refractivity contribution in [3.8, 4) is 34.1 Å². The van der Waals surface area contributed by atoms with Gasteiger partial charge in [-0.3, -0.25) is 4.57 Å². The number of aryl methyl sites for hydroxylation is 4. The summed E-state index contributed by atoms with van der Waals surface area (Å²) in [7, 11) is 0. The number of aromatic nitrogens is 4. The maximum absolute atomic E-state index is 6.86. The molecule has 5 heteroatoms. The standard InChI is InChI=1S/C50H58N4O/c1-12-36-24-32(5)25-37(13-2)49(36)48-34(7)52-54(35(48)8)40-27-39(50(9,10)11)28-42(29-40)55-41-20-21-44-43-16-14-15-17-45(43)53(46(44)30-41)47-26-38(22-23-51-47)33(6)19-18-31(3)4/h14-17,20-31,33H,12-13,18-19H2,1-11H3. The van der Waals surface area contributed by atoms with Crippen LogP contribution in [0.1, 0.15) is 113 Å². The quantitative estimate of drug-likeness (QED) is 0.133. The molecular weight excluding hydrogens is 673 g/mol. The predicted molar refractivity (Wildman–Crippen MR) is 232 cm³/mol. The van der Waals surface area contributed by atoms with Gasteiger partial charge >= 0.3 is 0 Å². The van der Waals surface area contributed by atoms with E-state index in [1.54, 1.807) is 0 Å². The second-order valence-corrected chi connectivity index (χ2v) is 17.0. The normalized spacial score (nSPS) is 12.7. The molecule has 1 atom stereocenters. The van der Waals surface area contributed by atoms with Crippen LogP contribution in [-0.2, 0) is 18.3 Å². The highest BCUT2D eigenvalue weighted by Gasteiger charge is 2.23. The first-order valence-corrected chi connectivity index (χ1v) is 20.3. The fourth-order valence-electron chi connectivity index (χ4n) is 8.28. The molecule has 3 heterocycles. The lowest BCUT2D eigenvalue weighted by atomic mass is 9.86. The molecule has 0 aliphatic carbocycles. The number of hydrogen-bond donors (Lipinski definition) is 0. The zero-order valence-corrected chi connectivity index (χ0v) is 34.8. The third kappa shape index (κ3) is 7.46. The minimum atomic E-state index is -0.103. The van der Waals surface area contributed by atoms with Crippen LogP contribution in [-0.4, -0.2) is 19.3 Å². The molecule has 0 aliphatic heterocycles. The monoisotopic (exact) mass is 730 g/mol. The van der Waals surface area contributed by atoms with E-state index in [1.807, 2.05) is 6.20 Å². The van der Waals surface area contributed by atoms with Crippen LogP contribution < -0.4 is 4.74 Å². The summed E-state index contributed by atoms with van der Waals surface area (Å²) >= 11 is 0. The molecule has 284 valence electrons. The van der Waals surface area contributed by atoms with E-state index in [0.29, 0.717) is 11.8 Å². The summed E-state index contributed by atoms with van der Waals surface area (Å²) in [6.45, 7) is 24.8. The number of hydrogen-bond acceptors (Lipinski definition) is 3. The van der Waals surface area contributed by atoms with Crippen molar-refractivity contribution >= 4 is 21.8 Å². The Morgan fingerprint density at radius 1 is 0.709 bits per heavy atom. The molecular formula is C50H58N4O. The Balaban J connectivity index is 1.33. The van der Waals surface area contributed by atoms with Crippen molar-refractivity contribution in [1.82, 2.24) is 19.3 Å². The summed E-state index contributed by atoms with van der Waals surface area (Å²) in [6, 6.07) is 30.8. The molecule has 0 amide bonds. The van der Waals surface area contributed by atoms with Crippen molar-refractivity contribution in [3.63, 3.8) is 0 Å². The van der Waals surface area contributed by atoms with Crippen LogP contribution in [0.3, 0.4) is 0 Å². The highest BCUT2D eigenvalue weighted by Crippen LogP contribution is 2.39. The van der Waals surface area contributed by atoms with Crippen LogP contribution in [0, 0.1) is 26.7 Å². The lowest BCUT2D eigenvalue weighted by Crippen LogP contribution is -2.12. The SMILES string of the molecule is CCc1cc(C)cc(CC)c1-c1c(C)nn(-c2cc(Oc3ccc4c5ccccc5n(-c5cc(C(C)CCC(C)C)ccn5)c4c3)cc(C(C)(C)C)c2)c1C. The molecule has 0 spiro atoms. The summed E-state index contributed by atoms with van der Waals surface area (Å²) < 4.78 is 11.3. The minimum Gasteiger partial charge on any atom is -0.457 e. The molecule has 5 nitrogen and oxygen atoms in total. The topological polar surface area (TPSA) is 44.9 Å². The summed E-state index contributed by atoms with van der Waals surface area (Å²) in [6.07, 6.45) is 6.29. The van der Waals surface area contributed by atoms with Crippen molar-refractivity contribution in [2.24, 2.45) is 5.92 Å². The number of rotatable bonds is 11. The highest BCUT2D eigenvalue weighted by molar-refractivity contribution is 6.09. The lowest BCUT2D eigenvalue weighted by Gasteiger charge is -2.22. The van der Waals surface area contributed by atoms with Gasteiger partial charge in [-0.1, -0.05) is 97.7 Å². The number of para-hydroxylation sites is 1. The number of pyridine rings is 1. The molecule has 3 aromatic heterocycles. The minimum absolute atomic E-state index is 0.103. The molecule has 7 aromatic rings. The molecule has 55 heavy (non-hydrogen) atoms. The van der Waals surface area contributed by atoms with Crippen molar-refractivity contribution in [1.29, 1.82) is 0 Å². The first kappa shape index (κ1) is 38.1. The average molecular weight is 731 g/mol. The van der Waals surface area contributed by atoms with Gasteiger partial charge in [-0.15, -0.1) is 0 Å². The summed E-state index contributed by atoms with van der Waals surface area (Å²) in [4.78, 5) is 4.93. The lowest BCUT2D eigenvalue weighted by molar-refractivity contribution is 0.478. The third-order valence-corrected chi connectivity index (χ3v) is 11.4. The fraction of sp³-hybridized carbons (Fsp3) is 0.360. The van der Waals surface area contributed by atoms with Crippen molar-refractivity contribution in [2.75, 3.05) is 0 Å². The Morgan fingerprint density at radius 2 is 1.42 bits per heavy atom. The second-order valence-electron chi connectivity index (χ2n) is 17.0. The van der Waals surface area contributed by atoms with Gasteiger partial charge in [-0.25, -0.2) is 9.67 Å². The summed E-state index contributed by atoms with van der Waals surface area (Å²) in [5, 5.41) is 7.58. The van der Waals surface area contributed by atoms with Gasteiger partial charge in [0.2, 0.25) is 0 Å². The Kier molecular flexibility index (Phi) is 10.5. The van der Waals surface area contributed by atoms with Gasteiger partial charge in [0.05, 0.1) is 22.4 Å². The van der Waals surface area contributed by atoms with Crippen molar-refractivity contribution in [3.05, 3.63) is 130 Å². The maximum Gasteiger partial charge on any atom is 0.137 e. The van der Waals surface area contributed by atoms with Crippen LogP contribution in [0.4, 0.5) is 0 Å². The molecule has 0 radical (unpaired) electrons. The van der Waals surface area contributed by atoms with E-state index in [2.05, 4.69) is 170 Å². The zero-order chi connectivity index (χ0) is 39.2. The van der Waals surface area contributed by atoms with E-state index >= 15 is 0 Å². The summed E-state index contributed by atoms with van der Waals surface area (Å²) in [5.41, 5.74) is 14.5. The van der Waals surface area contributed by atoms with Gasteiger partial charge in [0.15, 0.2) is 0 Å². The fourth-order valence-corrected chi connectivity index (χ4v) is 8.28. The number of ether oxygens (including phenoxy) is 1. The van der Waals surface area contributed by atoms with Gasteiger partial charge in [0.1, 0.15) is 17.3 Å². The van der Waals surface area contributed by atoms with Gasteiger partial charge < -0.3 is 4.74 Å². The predicted octanol–water partition coefficient (Wildman–Crippen LogP) is 13.7. The molecule has 0 aliphatic rings. The highest BCUT2D eigenvalue weighted by atomic mass is 16.5. The Labute approximate surface area is 328 Å². The van der Waals surface area contributed by atoms with E-state index in [0.717, 1.165) is 64.7 Å². The molecule has 0 fully saturated rings. The molecule has 7 rings (SSSR count). The smallest absolute Gasteiger partial charge is 0.137 e. The number of fused-ring (bicyclic) bond motifs is 3. The van der Waals surface area contributed by atoms with Gasteiger partial charge in [-0.05, 0) is 128 Å². The largest absolute Gasteiger partial charge is 0.457 e.